The molecule has 0 aliphatic carbocycles. The molecule has 3 nitrogen and oxygen atoms in total. The van der Waals surface area contributed by atoms with E-state index >= 15 is 0 Å². The minimum Gasteiger partial charge on any atom is -0.373 e. The summed E-state index contributed by atoms with van der Waals surface area (Å²) in [5.74, 6) is 0.350. The number of rotatable bonds is 5. The van der Waals surface area contributed by atoms with Crippen LogP contribution in [-0.4, -0.2) is 9.97 Å². The first kappa shape index (κ1) is 32.8. The molecular weight excluding hydrogens is 667 g/mol. The van der Waals surface area contributed by atoms with Gasteiger partial charge in [-0.2, -0.15) is 0 Å². The SMILES string of the molecule is C[C@@H]1C/C=C(\c2ccccc2)NC(c2ccc3ccc(-c4ccc5nc(-c6cc7ccccc7c7ccccc67)ccc5c4)cc3n2)C=C1c1ccccc1. The summed E-state index contributed by atoms with van der Waals surface area (Å²) in [6.45, 7) is 2.33. The summed E-state index contributed by atoms with van der Waals surface area (Å²) < 4.78 is 0. The van der Waals surface area contributed by atoms with E-state index in [4.69, 9.17) is 9.97 Å². The topological polar surface area (TPSA) is 37.8 Å². The van der Waals surface area contributed by atoms with E-state index in [1.54, 1.807) is 0 Å². The Morgan fingerprint density at radius 3 is 2.00 bits per heavy atom. The fourth-order valence-corrected chi connectivity index (χ4v) is 8.23. The van der Waals surface area contributed by atoms with Gasteiger partial charge in [0, 0.05) is 22.0 Å². The van der Waals surface area contributed by atoms with Gasteiger partial charge in [-0.25, -0.2) is 4.98 Å². The number of nitrogens with one attached hydrogen (secondary N) is 1. The summed E-state index contributed by atoms with van der Waals surface area (Å²) in [7, 11) is 0. The second kappa shape index (κ2) is 13.9. The maximum Gasteiger partial charge on any atom is 0.0876 e. The van der Waals surface area contributed by atoms with Crippen molar-refractivity contribution in [1.29, 1.82) is 0 Å². The highest BCUT2D eigenvalue weighted by atomic mass is 15.0. The summed E-state index contributed by atoms with van der Waals surface area (Å²) in [6.07, 6.45) is 5.69. The Morgan fingerprint density at radius 1 is 0.491 bits per heavy atom. The largest absolute Gasteiger partial charge is 0.373 e. The Kier molecular flexibility index (Phi) is 8.26. The van der Waals surface area contributed by atoms with Crippen molar-refractivity contribution in [1.82, 2.24) is 15.3 Å². The van der Waals surface area contributed by atoms with Crippen LogP contribution < -0.4 is 5.32 Å². The Hall–Kier alpha value is -6.84. The Labute approximate surface area is 321 Å². The third kappa shape index (κ3) is 6.24. The average molecular weight is 706 g/mol. The maximum absolute atomic E-state index is 5.35. The van der Waals surface area contributed by atoms with E-state index in [0.29, 0.717) is 5.92 Å². The second-order valence-corrected chi connectivity index (χ2v) is 14.7. The highest BCUT2D eigenvalue weighted by molar-refractivity contribution is 6.13. The van der Waals surface area contributed by atoms with Crippen molar-refractivity contribution in [2.24, 2.45) is 5.92 Å². The van der Waals surface area contributed by atoms with Gasteiger partial charge in [-0.15, -0.1) is 0 Å². The lowest BCUT2D eigenvalue weighted by Crippen LogP contribution is -2.22. The molecule has 1 aliphatic rings. The zero-order valence-corrected chi connectivity index (χ0v) is 30.7. The van der Waals surface area contributed by atoms with Gasteiger partial charge in [-0.05, 0) is 98.1 Å². The lowest BCUT2D eigenvalue weighted by molar-refractivity contribution is 0.699. The summed E-state index contributed by atoms with van der Waals surface area (Å²) >= 11 is 0. The molecule has 3 heteroatoms. The Bertz CT molecular complexity index is 2940. The summed E-state index contributed by atoms with van der Waals surface area (Å²) in [4.78, 5) is 10.5. The molecule has 1 aliphatic heterocycles. The number of hydrogen-bond acceptors (Lipinski definition) is 3. The molecular formula is C52H39N3. The molecule has 1 unspecified atom stereocenters. The monoisotopic (exact) mass is 705 g/mol. The number of fused-ring (bicyclic) bond motifs is 5. The number of benzene rings is 7. The summed E-state index contributed by atoms with van der Waals surface area (Å²) in [5.41, 5.74) is 12.3. The minimum absolute atomic E-state index is 0.113. The second-order valence-electron chi connectivity index (χ2n) is 14.7. The quantitative estimate of drug-likeness (QED) is 0.181. The molecule has 9 aromatic rings. The van der Waals surface area contributed by atoms with E-state index in [-0.39, 0.29) is 6.04 Å². The van der Waals surface area contributed by atoms with E-state index in [1.807, 2.05) is 0 Å². The molecule has 262 valence electrons. The van der Waals surface area contributed by atoms with Crippen LogP contribution in [0.1, 0.15) is 36.2 Å². The van der Waals surface area contributed by atoms with Crippen molar-refractivity contribution >= 4 is 54.6 Å². The first-order valence-electron chi connectivity index (χ1n) is 19.2. The van der Waals surface area contributed by atoms with Crippen LogP contribution in [0.5, 0.6) is 0 Å². The van der Waals surface area contributed by atoms with E-state index in [1.165, 1.54) is 38.2 Å². The van der Waals surface area contributed by atoms with Gasteiger partial charge < -0.3 is 5.32 Å². The van der Waals surface area contributed by atoms with Gasteiger partial charge in [0.1, 0.15) is 0 Å². The highest BCUT2D eigenvalue weighted by Gasteiger charge is 2.21. The molecule has 10 rings (SSSR count). The molecule has 7 aromatic carbocycles. The third-order valence-corrected chi connectivity index (χ3v) is 11.2. The molecule has 2 aromatic heterocycles. The molecule has 1 N–H and O–H groups in total. The van der Waals surface area contributed by atoms with Gasteiger partial charge >= 0.3 is 0 Å². The molecule has 0 bridgehead atoms. The molecule has 0 radical (unpaired) electrons. The first-order chi connectivity index (χ1) is 27.1. The standard InChI is InChI=1S/C52H39N3/c1-34-20-26-47(36-14-6-3-7-15-36)54-52(33-45(34)35-12-4-2-5-13-35)50-29-23-37-21-22-39(32-51(37)55-50)38-24-27-48-41(30-38)25-28-49(53-48)46-31-40-16-8-9-17-42(40)43-18-10-11-19-44(43)46/h2-19,21-34,52,54H,20H2,1H3/b45-33?,47-26+/t34-,52?/m1/s1. The third-order valence-electron chi connectivity index (χ3n) is 11.2. The molecule has 55 heavy (non-hydrogen) atoms. The fraction of sp³-hybridized carbons (Fsp3) is 0.0769. The number of nitrogens with zero attached hydrogens (tertiary/aromatic N) is 2. The van der Waals surface area contributed by atoms with E-state index in [0.717, 1.165) is 62.0 Å². The van der Waals surface area contributed by atoms with Crippen molar-refractivity contribution in [3.8, 4) is 22.4 Å². The molecule has 0 saturated carbocycles. The van der Waals surface area contributed by atoms with Crippen molar-refractivity contribution < 1.29 is 0 Å². The molecule has 0 amide bonds. The molecule has 0 fully saturated rings. The zero-order valence-electron chi connectivity index (χ0n) is 30.7. The van der Waals surface area contributed by atoms with Crippen LogP contribution in [0, 0.1) is 5.92 Å². The number of aromatic nitrogens is 2. The smallest absolute Gasteiger partial charge is 0.0876 e. The van der Waals surface area contributed by atoms with Crippen LogP contribution in [0.3, 0.4) is 0 Å². The van der Waals surface area contributed by atoms with Crippen molar-refractivity contribution in [3.63, 3.8) is 0 Å². The van der Waals surface area contributed by atoms with Gasteiger partial charge in [0.25, 0.3) is 0 Å². The molecule has 3 heterocycles. The number of hydrogen-bond donors (Lipinski definition) is 1. The van der Waals surface area contributed by atoms with Gasteiger partial charge in [0.15, 0.2) is 0 Å². The van der Waals surface area contributed by atoms with Crippen LogP contribution in [0.25, 0.3) is 77.0 Å². The van der Waals surface area contributed by atoms with Gasteiger partial charge in [0.05, 0.1) is 28.5 Å². The van der Waals surface area contributed by atoms with Crippen molar-refractivity contribution in [3.05, 3.63) is 205 Å². The highest BCUT2D eigenvalue weighted by Crippen LogP contribution is 2.37. The molecule has 0 saturated heterocycles. The lowest BCUT2D eigenvalue weighted by Gasteiger charge is -2.26. The van der Waals surface area contributed by atoms with Gasteiger partial charge in [-0.3, -0.25) is 4.98 Å². The first-order valence-corrected chi connectivity index (χ1v) is 19.2. The predicted octanol–water partition coefficient (Wildman–Crippen LogP) is 13.2. The van der Waals surface area contributed by atoms with Crippen molar-refractivity contribution in [2.75, 3.05) is 0 Å². The normalized spacial score (nSPS) is 17.0. The van der Waals surface area contributed by atoms with E-state index in [9.17, 15) is 0 Å². The van der Waals surface area contributed by atoms with Crippen LogP contribution in [0.2, 0.25) is 0 Å². The zero-order chi connectivity index (χ0) is 36.7. The maximum atomic E-state index is 5.35. The van der Waals surface area contributed by atoms with Crippen molar-refractivity contribution in [2.45, 2.75) is 19.4 Å². The minimum atomic E-state index is -0.113. The van der Waals surface area contributed by atoms with Crippen LogP contribution in [0.15, 0.2) is 188 Å². The Morgan fingerprint density at radius 2 is 1.16 bits per heavy atom. The van der Waals surface area contributed by atoms with Crippen LogP contribution in [-0.2, 0) is 0 Å². The number of allylic oxidation sites excluding steroid dienone is 2. The lowest BCUT2D eigenvalue weighted by atomic mass is 9.87. The molecule has 0 spiro atoms. The van der Waals surface area contributed by atoms with E-state index < -0.39 is 0 Å². The average Bonchev–Trinajstić information content (AvgIpc) is 3.25. The number of pyridine rings is 2. The summed E-state index contributed by atoms with van der Waals surface area (Å²) in [5, 5.41) is 11.1. The Balaban J connectivity index is 1.01. The predicted molar refractivity (Wildman–Crippen MR) is 231 cm³/mol. The fourth-order valence-electron chi connectivity index (χ4n) is 8.23. The van der Waals surface area contributed by atoms with Gasteiger partial charge in [-0.1, -0.05) is 159 Å². The summed E-state index contributed by atoms with van der Waals surface area (Å²) in [6, 6.07) is 62.8. The van der Waals surface area contributed by atoms with E-state index in [2.05, 4.69) is 200 Å². The van der Waals surface area contributed by atoms with Crippen LogP contribution in [0.4, 0.5) is 0 Å². The van der Waals surface area contributed by atoms with Crippen LogP contribution >= 0.6 is 0 Å². The van der Waals surface area contributed by atoms with Gasteiger partial charge in [0.2, 0.25) is 0 Å². The molecule has 2 atom stereocenters.